The first-order valence-corrected chi connectivity index (χ1v) is 13.2. The Hall–Kier alpha value is -2.61. The summed E-state index contributed by atoms with van der Waals surface area (Å²) in [4.78, 5) is 13.0. The number of ether oxygens (including phenoxy) is 5. The number of carbonyl (C=O) groups excluding carboxylic acids is 1. The second-order valence-corrected chi connectivity index (χ2v) is 9.72. The van der Waals surface area contributed by atoms with Gasteiger partial charge in [0, 0.05) is 31.1 Å². The topological polar surface area (TPSA) is 63.2 Å². The Morgan fingerprint density at radius 2 is 1.33 bits per heavy atom. The molecule has 0 heterocycles. The number of hydrogen-bond donors (Lipinski definition) is 0. The fraction of sp³-hybridized carbons (Fsp3) is 0.406. The van der Waals surface area contributed by atoms with E-state index >= 15 is 0 Å². The number of esters is 1. The quantitative estimate of drug-likeness (QED) is 0.190. The monoisotopic (exact) mass is 569 g/mol. The summed E-state index contributed by atoms with van der Waals surface area (Å²) in [5, 5.41) is 0. The van der Waals surface area contributed by atoms with Crippen molar-refractivity contribution in [2.45, 2.75) is 33.1 Å². The predicted molar refractivity (Wildman–Crippen MR) is 148 cm³/mol. The molecule has 207 valence electrons. The van der Waals surface area contributed by atoms with Crippen LogP contribution in [0.15, 0.2) is 54.6 Å². The molecule has 0 aliphatic heterocycles. The van der Waals surface area contributed by atoms with Gasteiger partial charge in [-0.1, -0.05) is 53.6 Å². The van der Waals surface area contributed by atoms with E-state index in [1.807, 2.05) is 12.1 Å². The predicted octanol–water partition coefficient (Wildman–Crippen LogP) is 5.87. The minimum atomic E-state index is -0.422. The third-order valence-electron chi connectivity index (χ3n) is 7.06. The molecule has 7 heteroatoms. The van der Waals surface area contributed by atoms with Crippen molar-refractivity contribution in [1.29, 1.82) is 0 Å². The summed E-state index contributed by atoms with van der Waals surface area (Å²) < 4.78 is 27.4. The molecule has 0 amide bonds. The zero-order valence-corrected chi connectivity index (χ0v) is 24.9. The number of aryl methyl sites for hydroxylation is 2. The van der Waals surface area contributed by atoms with E-state index in [2.05, 4.69) is 63.2 Å². The van der Waals surface area contributed by atoms with Crippen LogP contribution in [0, 0.1) is 13.8 Å². The van der Waals surface area contributed by atoms with E-state index in [0.717, 1.165) is 5.56 Å². The molecule has 3 aromatic carbocycles. The maximum atomic E-state index is 13.0. The Morgan fingerprint density at radius 1 is 0.769 bits per heavy atom. The van der Waals surface area contributed by atoms with E-state index in [4.69, 9.17) is 23.7 Å². The second-order valence-electron chi connectivity index (χ2n) is 9.72. The molecule has 4 rings (SSSR count). The maximum absolute atomic E-state index is 13.0. The van der Waals surface area contributed by atoms with Crippen molar-refractivity contribution < 1.29 is 47.0 Å². The number of hydrogen-bond acceptors (Lipinski definition) is 6. The minimum absolute atomic E-state index is 0. The van der Waals surface area contributed by atoms with Crippen LogP contribution in [0.2, 0.25) is 0 Å². The molecule has 0 spiro atoms. The Morgan fingerprint density at radius 3 is 1.90 bits per heavy atom. The van der Waals surface area contributed by atoms with Crippen molar-refractivity contribution in [3.8, 4) is 16.9 Å². The van der Waals surface area contributed by atoms with E-state index in [0.29, 0.717) is 51.0 Å². The van der Waals surface area contributed by atoms with Crippen molar-refractivity contribution in [3.63, 3.8) is 0 Å². The molecule has 1 aliphatic rings. The molecule has 0 atom stereocenters. The first-order chi connectivity index (χ1) is 18.4. The Balaban J connectivity index is 0.00000420. The van der Waals surface area contributed by atoms with Crippen molar-refractivity contribution in [3.05, 3.63) is 88.0 Å². The van der Waals surface area contributed by atoms with Gasteiger partial charge in [0.2, 0.25) is 0 Å². The fourth-order valence-electron chi connectivity index (χ4n) is 5.08. The molecule has 1 aliphatic carbocycles. The Labute approximate surface area is 243 Å². The molecule has 0 fully saturated rings. The van der Waals surface area contributed by atoms with Crippen molar-refractivity contribution in [1.82, 2.24) is 0 Å². The van der Waals surface area contributed by atoms with E-state index in [9.17, 15) is 4.79 Å². The van der Waals surface area contributed by atoms with Crippen LogP contribution >= 0.6 is 0 Å². The molecule has 0 saturated carbocycles. The summed E-state index contributed by atoms with van der Waals surface area (Å²) in [6.45, 7) is 11.3. The smallest absolute Gasteiger partial charge is 0.341 e. The van der Waals surface area contributed by atoms with Crippen LogP contribution in [0.4, 0.5) is 0 Å². The molecule has 0 bridgehead atoms. The van der Waals surface area contributed by atoms with Crippen molar-refractivity contribution >= 4 is 5.97 Å². The summed E-state index contributed by atoms with van der Waals surface area (Å²) in [6.07, 6.45) is 0. The molecule has 1 radical (unpaired) electrons. The molecular weight excluding hydrogens is 531 g/mol. The first-order valence-electron chi connectivity index (χ1n) is 13.2. The fourth-order valence-corrected chi connectivity index (χ4v) is 5.08. The van der Waals surface area contributed by atoms with Crippen LogP contribution in [-0.2, 0) is 42.9 Å². The number of methoxy groups -OCH3 is 1. The minimum Gasteiger partial charge on any atom is -0.490 e. The summed E-state index contributed by atoms with van der Waals surface area (Å²) in [5.41, 5.74) is 8.36. The second kappa shape index (κ2) is 14.2. The number of carbonyl (C=O) groups is 1. The third-order valence-corrected chi connectivity index (χ3v) is 7.06. The van der Waals surface area contributed by atoms with Gasteiger partial charge >= 0.3 is 5.97 Å². The molecule has 0 N–H and O–H groups in total. The van der Waals surface area contributed by atoms with Gasteiger partial charge in [0.05, 0.1) is 39.6 Å². The standard InChI is InChI=1S/C32H38O6.V/c1-6-37-31(33)27-21-24(9-12-30(27)38-18-17-36-16-15-35-14-13-34-5)32(4)28-19-22(2)7-10-25(28)26-11-8-23(3)20-29(26)32;/h7-12,19-21H,6,13-18H2,1-5H3;. The third kappa shape index (κ3) is 6.76. The first kappa shape index (κ1) is 30.9. The number of fused-ring (bicyclic) bond motifs is 3. The summed E-state index contributed by atoms with van der Waals surface area (Å²) in [6, 6.07) is 19.1. The number of rotatable bonds is 13. The van der Waals surface area contributed by atoms with Gasteiger partial charge in [0.1, 0.15) is 17.9 Å². The molecule has 0 unspecified atom stereocenters. The Kier molecular flexibility index (Phi) is 11.2. The van der Waals surface area contributed by atoms with Gasteiger partial charge < -0.3 is 23.7 Å². The van der Waals surface area contributed by atoms with Gasteiger partial charge in [-0.3, -0.25) is 0 Å². The molecule has 0 saturated heterocycles. The van der Waals surface area contributed by atoms with E-state index in [1.165, 1.54) is 33.4 Å². The zero-order valence-electron chi connectivity index (χ0n) is 23.5. The maximum Gasteiger partial charge on any atom is 0.341 e. The molecular formula is C32H38O6V. The van der Waals surface area contributed by atoms with Crippen LogP contribution in [0.25, 0.3) is 11.1 Å². The van der Waals surface area contributed by atoms with Gasteiger partial charge in [-0.2, -0.15) is 0 Å². The van der Waals surface area contributed by atoms with Crippen molar-refractivity contribution in [2.24, 2.45) is 0 Å². The van der Waals surface area contributed by atoms with Crippen LogP contribution in [0.5, 0.6) is 5.75 Å². The normalized spacial score (nSPS) is 12.8. The van der Waals surface area contributed by atoms with E-state index in [-0.39, 0.29) is 25.2 Å². The summed E-state index contributed by atoms with van der Waals surface area (Å²) in [7, 11) is 1.64. The van der Waals surface area contributed by atoms with Gasteiger partial charge in [-0.05, 0) is 67.6 Å². The van der Waals surface area contributed by atoms with Crippen LogP contribution < -0.4 is 4.74 Å². The van der Waals surface area contributed by atoms with Crippen LogP contribution in [0.1, 0.15) is 52.0 Å². The number of benzene rings is 3. The van der Waals surface area contributed by atoms with Gasteiger partial charge in [-0.25, -0.2) is 4.79 Å². The largest absolute Gasteiger partial charge is 0.490 e. The summed E-state index contributed by atoms with van der Waals surface area (Å²) in [5.74, 6) is 0.0926. The SMILES string of the molecule is CCOC(=O)c1cc(C2(C)c3cc(C)ccc3-c3ccc(C)cc32)ccc1OCCOCCOCCOC.[V]. The Bertz CT molecular complexity index is 1220. The zero-order chi connectivity index (χ0) is 27.1. The van der Waals surface area contributed by atoms with E-state index in [1.54, 1.807) is 14.0 Å². The van der Waals surface area contributed by atoms with Gasteiger partial charge in [0.25, 0.3) is 0 Å². The molecule has 0 aromatic heterocycles. The van der Waals surface area contributed by atoms with Gasteiger partial charge in [0.15, 0.2) is 0 Å². The van der Waals surface area contributed by atoms with E-state index < -0.39 is 11.4 Å². The molecule has 39 heavy (non-hydrogen) atoms. The summed E-state index contributed by atoms with van der Waals surface area (Å²) >= 11 is 0. The molecule has 6 nitrogen and oxygen atoms in total. The average molecular weight is 570 g/mol. The van der Waals surface area contributed by atoms with Crippen LogP contribution in [-0.4, -0.2) is 59.3 Å². The molecule has 3 aromatic rings. The van der Waals surface area contributed by atoms with Crippen LogP contribution in [0.3, 0.4) is 0 Å². The average Bonchev–Trinajstić information content (AvgIpc) is 3.15. The van der Waals surface area contributed by atoms with Gasteiger partial charge in [-0.15, -0.1) is 0 Å². The van der Waals surface area contributed by atoms with Crippen molar-refractivity contribution in [2.75, 3.05) is 53.4 Å².